The van der Waals surface area contributed by atoms with E-state index in [4.69, 9.17) is 37.4 Å². The zero-order chi connectivity index (χ0) is 24.5. The van der Waals surface area contributed by atoms with E-state index in [0.717, 1.165) is 5.69 Å². The van der Waals surface area contributed by atoms with E-state index in [1.54, 1.807) is 24.7 Å². The van der Waals surface area contributed by atoms with Crippen molar-refractivity contribution in [3.8, 4) is 5.75 Å². The molecule has 186 valence electrons. The summed E-state index contributed by atoms with van der Waals surface area (Å²) in [6, 6.07) is 12.9. The van der Waals surface area contributed by atoms with Gasteiger partial charge in [-0.2, -0.15) is 0 Å². The first-order valence-electron chi connectivity index (χ1n) is 11.2. The maximum absolute atomic E-state index is 11.7. The first kappa shape index (κ1) is 24.4. The Kier molecular flexibility index (Phi) is 6.96. The molecule has 0 N–H and O–H groups in total. The SMILES string of the molecule is O=S1(=O)CCN(c2ccc(OC[C@@H]3CO[C@@](Cn4ccnc4)(c4ccc(Cl)cc4Cl)O3)cc2)CC1. The summed E-state index contributed by atoms with van der Waals surface area (Å²) in [5.41, 5.74) is 1.66. The number of rotatable bonds is 7. The monoisotopic (exact) mass is 537 g/mol. The van der Waals surface area contributed by atoms with E-state index >= 15 is 0 Å². The molecule has 3 aromatic rings. The largest absolute Gasteiger partial charge is 0.491 e. The number of anilines is 1. The van der Waals surface area contributed by atoms with Gasteiger partial charge in [0.05, 0.1) is 36.0 Å². The normalized spacial score (nSPS) is 23.9. The Morgan fingerprint density at radius 3 is 2.57 bits per heavy atom. The highest BCUT2D eigenvalue weighted by Gasteiger charge is 2.45. The molecule has 2 saturated heterocycles. The average molecular weight is 538 g/mol. The Morgan fingerprint density at radius 2 is 1.89 bits per heavy atom. The fourth-order valence-electron chi connectivity index (χ4n) is 4.29. The summed E-state index contributed by atoms with van der Waals surface area (Å²) >= 11 is 12.6. The van der Waals surface area contributed by atoms with E-state index in [-0.39, 0.29) is 24.2 Å². The molecule has 11 heteroatoms. The fourth-order valence-corrected chi connectivity index (χ4v) is 6.04. The van der Waals surface area contributed by atoms with Gasteiger partial charge in [0.2, 0.25) is 5.79 Å². The number of benzene rings is 2. The van der Waals surface area contributed by atoms with Crippen LogP contribution < -0.4 is 9.64 Å². The van der Waals surface area contributed by atoms with Gasteiger partial charge in [-0.15, -0.1) is 0 Å². The van der Waals surface area contributed by atoms with Crippen LogP contribution in [0.2, 0.25) is 10.0 Å². The average Bonchev–Trinajstić information content (AvgIpc) is 3.49. The highest BCUT2D eigenvalue weighted by Crippen LogP contribution is 2.40. The highest BCUT2D eigenvalue weighted by atomic mass is 35.5. The van der Waals surface area contributed by atoms with Crippen molar-refractivity contribution in [2.24, 2.45) is 0 Å². The Labute approximate surface area is 214 Å². The molecule has 2 aromatic carbocycles. The van der Waals surface area contributed by atoms with Crippen LogP contribution in [0.4, 0.5) is 5.69 Å². The first-order valence-corrected chi connectivity index (χ1v) is 13.8. The quantitative estimate of drug-likeness (QED) is 0.453. The number of sulfone groups is 1. The van der Waals surface area contributed by atoms with Gasteiger partial charge in [0, 0.05) is 41.8 Å². The number of hydrogen-bond acceptors (Lipinski definition) is 7. The van der Waals surface area contributed by atoms with Crippen LogP contribution in [0.1, 0.15) is 5.56 Å². The van der Waals surface area contributed by atoms with Gasteiger partial charge in [-0.3, -0.25) is 0 Å². The summed E-state index contributed by atoms with van der Waals surface area (Å²) in [4.78, 5) is 6.18. The number of nitrogens with zero attached hydrogens (tertiary/aromatic N) is 3. The third-order valence-corrected chi connectivity index (χ3v) is 8.29. The third-order valence-electron chi connectivity index (χ3n) is 6.13. The second-order valence-electron chi connectivity index (χ2n) is 8.61. The molecular formula is C24H25Cl2N3O5S. The minimum Gasteiger partial charge on any atom is -0.491 e. The van der Waals surface area contributed by atoms with Crippen molar-refractivity contribution in [2.75, 3.05) is 42.7 Å². The van der Waals surface area contributed by atoms with Crippen molar-refractivity contribution in [2.45, 2.75) is 18.4 Å². The summed E-state index contributed by atoms with van der Waals surface area (Å²) in [6.45, 7) is 1.99. The van der Waals surface area contributed by atoms with Crippen LogP contribution in [0.5, 0.6) is 5.75 Å². The molecule has 0 bridgehead atoms. The third kappa shape index (κ3) is 5.59. The molecule has 5 rings (SSSR count). The molecule has 0 aliphatic carbocycles. The number of halogens is 2. The van der Waals surface area contributed by atoms with Crippen molar-refractivity contribution in [1.29, 1.82) is 0 Å². The predicted octanol–water partition coefficient (Wildman–Crippen LogP) is 3.77. The molecule has 2 atom stereocenters. The van der Waals surface area contributed by atoms with Crippen molar-refractivity contribution >= 4 is 38.7 Å². The van der Waals surface area contributed by atoms with E-state index in [9.17, 15) is 8.42 Å². The van der Waals surface area contributed by atoms with Gasteiger partial charge in [-0.1, -0.05) is 29.3 Å². The molecule has 0 radical (unpaired) electrons. The van der Waals surface area contributed by atoms with Crippen LogP contribution in [-0.4, -0.2) is 61.9 Å². The van der Waals surface area contributed by atoms with E-state index in [2.05, 4.69) is 9.88 Å². The van der Waals surface area contributed by atoms with Crippen molar-refractivity contribution in [3.63, 3.8) is 0 Å². The van der Waals surface area contributed by atoms with Gasteiger partial charge in [-0.25, -0.2) is 13.4 Å². The first-order chi connectivity index (χ1) is 16.8. The van der Waals surface area contributed by atoms with Crippen molar-refractivity contribution in [3.05, 3.63) is 76.8 Å². The van der Waals surface area contributed by atoms with E-state index in [1.165, 1.54) is 0 Å². The zero-order valence-electron chi connectivity index (χ0n) is 18.8. The Morgan fingerprint density at radius 1 is 1.11 bits per heavy atom. The molecular weight excluding hydrogens is 513 g/mol. The molecule has 0 amide bonds. The standard InChI is InChI=1S/C24H25Cl2N3O5S/c25-18-1-6-22(23(26)13-18)24(16-28-8-7-27-17-28)33-15-21(34-24)14-32-20-4-2-19(3-5-20)29-9-11-35(30,31)12-10-29/h1-8,13,17,21H,9-12,14-16H2/t21-,24-/m1/s1. The summed E-state index contributed by atoms with van der Waals surface area (Å²) < 4.78 is 43.8. The topological polar surface area (TPSA) is 82.9 Å². The number of ether oxygens (including phenoxy) is 3. The fraction of sp³-hybridized carbons (Fsp3) is 0.375. The highest BCUT2D eigenvalue weighted by molar-refractivity contribution is 7.91. The van der Waals surface area contributed by atoms with Crippen LogP contribution in [0.15, 0.2) is 61.2 Å². The van der Waals surface area contributed by atoms with Crippen LogP contribution in [-0.2, 0) is 31.6 Å². The van der Waals surface area contributed by atoms with E-state index < -0.39 is 15.6 Å². The molecule has 0 unspecified atom stereocenters. The summed E-state index contributed by atoms with van der Waals surface area (Å²) in [7, 11) is -2.91. The van der Waals surface area contributed by atoms with E-state index in [0.29, 0.717) is 47.6 Å². The number of aromatic nitrogens is 2. The number of imidazole rings is 1. The Bertz CT molecular complexity index is 1260. The minimum atomic E-state index is -2.91. The summed E-state index contributed by atoms with van der Waals surface area (Å²) in [5, 5.41) is 0.990. The van der Waals surface area contributed by atoms with Gasteiger partial charge < -0.3 is 23.7 Å². The molecule has 1 aromatic heterocycles. The Hall–Kier alpha value is -2.30. The molecule has 2 aliphatic rings. The van der Waals surface area contributed by atoms with Crippen molar-refractivity contribution < 1.29 is 22.6 Å². The van der Waals surface area contributed by atoms with Crippen molar-refractivity contribution in [1.82, 2.24) is 9.55 Å². The lowest BCUT2D eigenvalue weighted by Gasteiger charge is -2.30. The predicted molar refractivity (Wildman–Crippen MR) is 134 cm³/mol. The van der Waals surface area contributed by atoms with Gasteiger partial charge in [0.25, 0.3) is 0 Å². The van der Waals surface area contributed by atoms with Crippen LogP contribution in [0.3, 0.4) is 0 Å². The van der Waals surface area contributed by atoms with Gasteiger partial charge in [0.1, 0.15) is 18.5 Å². The summed E-state index contributed by atoms with van der Waals surface area (Å²) in [6.07, 6.45) is 4.90. The van der Waals surface area contributed by atoms with E-state index in [1.807, 2.05) is 41.1 Å². The van der Waals surface area contributed by atoms with Crippen LogP contribution in [0, 0.1) is 0 Å². The molecule has 0 spiro atoms. The maximum atomic E-state index is 11.7. The molecule has 8 nitrogen and oxygen atoms in total. The maximum Gasteiger partial charge on any atom is 0.215 e. The lowest BCUT2D eigenvalue weighted by atomic mass is 10.1. The minimum absolute atomic E-state index is 0.183. The molecule has 3 heterocycles. The second kappa shape index (κ2) is 9.99. The van der Waals surface area contributed by atoms with Gasteiger partial charge in [0.15, 0.2) is 9.84 Å². The molecule has 2 aliphatic heterocycles. The zero-order valence-corrected chi connectivity index (χ0v) is 21.2. The Balaban J connectivity index is 1.24. The smallest absolute Gasteiger partial charge is 0.215 e. The van der Waals surface area contributed by atoms with Gasteiger partial charge in [-0.05, 0) is 36.4 Å². The summed E-state index contributed by atoms with van der Waals surface area (Å²) in [5.74, 6) is -0.0426. The van der Waals surface area contributed by atoms with Gasteiger partial charge >= 0.3 is 0 Å². The molecule has 2 fully saturated rings. The lowest BCUT2D eigenvalue weighted by Crippen LogP contribution is -2.40. The molecule has 35 heavy (non-hydrogen) atoms. The molecule has 0 saturated carbocycles. The van der Waals surface area contributed by atoms with Crippen LogP contribution >= 0.6 is 23.2 Å². The van der Waals surface area contributed by atoms with Crippen LogP contribution in [0.25, 0.3) is 0 Å². The number of hydrogen-bond donors (Lipinski definition) is 0. The second-order valence-corrected chi connectivity index (χ2v) is 11.8. The lowest BCUT2D eigenvalue weighted by molar-refractivity contribution is -0.189.